The van der Waals surface area contributed by atoms with Gasteiger partial charge in [-0.1, -0.05) is 38.5 Å². The van der Waals surface area contributed by atoms with E-state index in [4.69, 9.17) is 50.6 Å². The highest BCUT2D eigenvalue weighted by Crippen LogP contribution is 2.66. The van der Waals surface area contributed by atoms with E-state index in [2.05, 4.69) is 46.1 Å². The van der Waals surface area contributed by atoms with E-state index in [1.54, 1.807) is 0 Å². The first-order valence-electron chi connectivity index (χ1n) is 22.2. The van der Waals surface area contributed by atoms with Crippen LogP contribution in [0.1, 0.15) is 51.8 Å². The summed E-state index contributed by atoms with van der Waals surface area (Å²) in [6.45, 7) is -1.70. The Morgan fingerprint density at radius 2 is 1.65 bits per heavy atom. The summed E-state index contributed by atoms with van der Waals surface area (Å²) in [5.74, 6) is 2.13. The highest BCUT2D eigenvalue weighted by molar-refractivity contribution is 8.76. The number of benzene rings is 3. The maximum atomic E-state index is 13.5. The quantitative estimate of drug-likeness (QED) is 0.00404. The van der Waals surface area contributed by atoms with E-state index in [9.17, 15) is 73.7 Å². The van der Waals surface area contributed by atoms with Crippen LogP contribution >= 0.6 is 45.1 Å². The predicted octanol–water partition coefficient (Wildman–Crippen LogP) is 2.94. The fraction of sp³-hybridized carbons (Fsp3) is 0.300. The Bertz CT molecular complexity index is 3900. The molecule has 3 aromatic rings. The molecule has 436 valence electrons. The number of nitrogens with zero attached hydrogens (tertiary/aromatic N) is 5. The summed E-state index contributed by atoms with van der Waals surface area (Å²) >= 11 is 0. The van der Waals surface area contributed by atoms with E-state index in [0.29, 0.717) is 5.75 Å². The second-order valence-corrected chi connectivity index (χ2v) is 26.1. The number of hydrogen-bond donors (Lipinski definition) is 12. The van der Waals surface area contributed by atoms with Crippen LogP contribution in [0.3, 0.4) is 0 Å². The summed E-state index contributed by atoms with van der Waals surface area (Å²) < 4.78 is 136. The van der Waals surface area contributed by atoms with E-state index >= 15 is 0 Å². The van der Waals surface area contributed by atoms with E-state index in [1.165, 1.54) is 39.9 Å². The zero-order valence-corrected chi connectivity index (χ0v) is 46.6. The highest BCUT2D eigenvalue weighted by Gasteiger charge is 2.43. The van der Waals surface area contributed by atoms with Crippen LogP contribution in [-0.4, -0.2) is 128 Å². The number of anilines is 2. The van der Waals surface area contributed by atoms with Crippen molar-refractivity contribution in [2.45, 2.75) is 47.5 Å². The van der Waals surface area contributed by atoms with Crippen molar-refractivity contribution < 1.29 is 106 Å². The van der Waals surface area contributed by atoms with Gasteiger partial charge in [-0.15, -0.1) is 0 Å². The first-order chi connectivity index (χ1) is 37.8. The van der Waals surface area contributed by atoms with Gasteiger partial charge in [0, 0.05) is 57.7 Å². The zero-order valence-electron chi connectivity index (χ0n) is 40.7. The van der Waals surface area contributed by atoms with Crippen molar-refractivity contribution >= 4 is 106 Å². The predicted molar refractivity (Wildman–Crippen MR) is 282 cm³/mol. The SMILES string of the molecule is [N-]=[N+]=NCOC1CC[C@H](n2cc(C#CCNC(=O)CCSSCCNC(=O)c3ccc(C(=O)O)c(-c4c5ccc(=N)c(S(=O)(=O)O)c-5oc5c(S(=O)(=O)O)c(N)ccc45)c3)c(N)nc2=O)O[C@@H]1COP(=O)(O)OP(=O)(O)OP(=O)(O)O. The normalized spacial score (nSPS) is 17.2. The molecule has 6 rings (SSSR count). The number of phosphoric ester groups is 1. The molecule has 1 aromatic heterocycles. The monoisotopic (exact) mass is 1270 g/mol. The number of amides is 2. The number of phosphoric acid groups is 3. The highest BCUT2D eigenvalue weighted by atomic mass is 33.1. The fourth-order valence-corrected chi connectivity index (χ4v) is 14.0. The average Bonchev–Trinajstić information content (AvgIpc) is 3.55. The van der Waals surface area contributed by atoms with Gasteiger partial charge in [-0.25, -0.2) is 23.3 Å². The van der Waals surface area contributed by atoms with Crippen molar-refractivity contribution in [3.05, 3.63) is 91.6 Å². The maximum absolute atomic E-state index is 13.5. The number of nitrogen functional groups attached to an aromatic ring is 2. The molecule has 1 fully saturated rings. The van der Waals surface area contributed by atoms with Gasteiger partial charge in [-0.3, -0.25) is 33.2 Å². The number of carbonyl (C=O) groups excluding carboxylic acids is 2. The Morgan fingerprint density at radius 1 is 0.951 bits per heavy atom. The minimum atomic E-state index is -5.87. The standard InChI is InChI=1S/C40H43N10O24P3S4/c41-26-7-5-23-32(24-6-8-27(42)36(81(66,67)68)34(24)72-33(23)35(26)80(63,64)65)25-16-20(3-4-22(25)39(53)54)38(52)46-13-15-79-78-14-11-30(51)45-12-1-2-21-17-50(40(55)48-37(21)43)31-10-9-28(69-19-47-49-44)29(71-31)18-70-76(59,60)74-77(61,62)73-75(56,57)58/h3-8,16-17,28-29,31,41H,9-15,18-19,42H2,(H,45,51)(H,46,52)(H,53,54)(H,59,60)(H,61,62)(H2,43,48,55)(H2,56,57,58)(H,63,64,65)(H,66,67,68)/t28?,29-,31-/m1/s1. The van der Waals surface area contributed by atoms with Gasteiger partial charge in [-0.05, 0) is 66.4 Å². The number of carboxylic acids is 1. The molecule has 2 aliphatic heterocycles. The Hall–Kier alpha value is -6.26. The summed E-state index contributed by atoms with van der Waals surface area (Å²) in [7, 11) is -25.1. The number of aromatic carboxylic acids is 1. The summed E-state index contributed by atoms with van der Waals surface area (Å²) in [6, 6.07) is 7.71. The number of carbonyl (C=O) groups is 3. The molecule has 81 heavy (non-hydrogen) atoms. The Labute approximate surface area is 462 Å². The molecular formula is C40H43N10O24P3S4. The van der Waals surface area contributed by atoms with Crippen molar-refractivity contribution in [1.29, 1.82) is 5.41 Å². The third-order valence-corrected chi connectivity index (χ3v) is 18.9. The van der Waals surface area contributed by atoms with Crippen molar-refractivity contribution in [2.75, 3.05) is 49.4 Å². The molecule has 3 heterocycles. The lowest BCUT2D eigenvalue weighted by atomic mass is 9.89. The van der Waals surface area contributed by atoms with Gasteiger partial charge < -0.3 is 60.7 Å². The van der Waals surface area contributed by atoms with Crippen LogP contribution < -0.4 is 33.1 Å². The molecule has 1 aliphatic carbocycles. The zero-order chi connectivity index (χ0) is 59.8. The molecule has 41 heteroatoms. The number of carboxylic acid groups (broad SMARTS) is 1. The fourth-order valence-electron chi connectivity index (χ4n) is 7.61. The van der Waals surface area contributed by atoms with Gasteiger partial charge in [-0.2, -0.15) is 30.4 Å². The van der Waals surface area contributed by atoms with Gasteiger partial charge in [0.05, 0.1) is 41.4 Å². The first-order valence-corrected chi connectivity index (χ1v) is 32.1. The van der Waals surface area contributed by atoms with E-state index in [0.717, 1.165) is 34.9 Å². The summed E-state index contributed by atoms with van der Waals surface area (Å²) in [4.78, 5) is 92.7. The number of hydrogen-bond acceptors (Lipinski definition) is 24. The van der Waals surface area contributed by atoms with Crippen LogP contribution in [0.2, 0.25) is 0 Å². The van der Waals surface area contributed by atoms with Crippen LogP contribution in [0.5, 0.6) is 0 Å². The molecule has 3 aliphatic rings. The minimum absolute atomic E-state index is 0.00197. The second-order valence-electron chi connectivity index (χ2n) is 16.3. The number of aromatic nitrogens is 2. The van der Waals surface area contributed by atoms with E-state index in [1.807, 2.05) is 0 Å². The number of azide groups is 1. The van der Waals surface area contributed by atoms with Gasteiger partial charge in [0.15, 0.2) is 21.1 Å². The molecule has 0 radical (unpaired) electrons. The smallest absolute Gasteiger partial charge is 0.478 e. The van der Waals surface area contributed by atoms with Crippen LogP contribution in [0.4, 0.5) is 11.5 Å². The minimum Gasteiger partial charge on any atom is -0.478 e. The van der Waals surface area contributed by atoms with Gasteiger partial charge in [0.25, 0.3) is 26.1 Å². The van der Waals surface area contributed by atoms with Crippen molar-refractivity contribution in [1.82, 2.24) is 20.2 Å². The lowest BCUT2D eigenvalue weighted by Crippen LogP contribution is -2.44. The van der Waals surface area contributed by atoms with Gasteiger partial charge in [0.1, 0.15) is 24.9 Å². The summed E-state index contributed by atoms with van der Waals surface area (Å²) in [5.41, 5.74) is 16.8. The molecule has 1 saturated heterocycles. The number of nitrogens with one attached hydrogen (secondary N) is 3. The molecule has 2 amide bonds. The number of nitrogens with two attached hydrogens (primary N) is 2. The third-order valence-electron chi connectivity index (χ3n) is 10.8. The van der Waals surface area contributed by atoms with Crippen LogP contribution in [-0.2, 0) is 61.3 Å². The van der Waals surface area contributed by atoms with Gasteiger partial charge in [0.2, 0.25) is 5.91 Å². The van der Waals surface area contributed by atoms with Crippen molar-refractivity contribution in [3.8, 4) is 34.3 Å². The topological polar surface area (TPSA) is 555 Å². The molecule has 34 nitrogen and oxygen atoms in total. The van der Waals surface area contributed by atoms with Crippen LogP contribution in [0, 0.1) is 17.3 Å². The summed E-state index contributed by atoms with van der Waals surface area (Å²) in [6.07, 6.45) is -2.52. The average molecular weight is 1270 g/mol. The molecule has 0 saturated carbocycles. The molecule has 0 bridgehead atoms. The lowest BCUT2D eigenvalue weighted by Gasteiger charge is -2.36. The van der Waals surface area contributed by atoms with Crippen molar-refractivity contribution in [2.24, 2.45) is 5.11 Å². The number of ether oxygens (including phenoxy) is 2. The second kappa shape index (κ2) is 26.3. The number of fused-ring (bicyclic) bond motifs is 2. The molecule has 5 atom stereocenters. The molecule has 2 aromatic carbocycles. The maximum Gasteiger partial charge on any atom is 0.490 e. The largest absolute Gasteiger partial charge is 0.490 e. The Kier molecular flexibility index (Phi) is 20.8. The number of rotatable bonds is 24. The van der Waals surface area contributed by atoms with E-state index in [-0.39, 0.29) is 77.1 Å². The van der Waals surface area contributed by atoms with Crippen molar-refractivity contribution in [3.63, 3.8) is 0 Å². The Morgan fingerprint density at radius 3 is 2.32 bits per heavy atom. The molecule has 3 unspecified atom stereocenters. The summed E-state index contributed by atoms with van der Waals surface area (Å²) in [5, 5.41) is 25.9. The lowest BCUT2D eigenvalue weighted by molar-refractivity contribution is -0.174. The van der Waals surface area contributed by atoms with Crippen LogP contribution in [0.25, 0.3) is 43.9 Å². The molecule has 14 N–H and O–H groups in total. The third kappa shape index (κ3) is 16.9. The molecule has 0 spiro atoms. The van der Waals surface area contributed by atoms with Gasteiger partial charge >= 0.3 is 35.1 Å². The Balaban J connectivity index is 1.04. The van der Waals surface area contributed by atoms with Crippen LogP contribution in [0.15, 0.2) is 72.8 Å². The molecular weight excluding hydrogens is 1230 g/mol. The van der Waals surface area contributed by atoms with E-state index < -0.39 is 137 Å². The first kappa shape index (κ1) is 63.9.